The van der Waals surface area contributed by atoms with Crippen molar-refractivity contribution in [2.24, 2.45) is 0 Å². The van der Waals surface area contributed by atoms with Crippen LogP contribution in [0.2, 0.25) is 0 Å². The second-order valence-electron chi connectivity index (χ2n) is 6.70. The third-order valence-electron chi connectivity index (χ3n) is 4.97. The Kier molecular flexibility index (Phi) is 5.07. The van der Waals surface area contributed by atoms with E-state index in [0.29, 0.717) is 18.7 Å². The zero-order chi connectivity index (χ0) is 18.6. The first-order valence-electron chi connectivity index (χ1n) is 9.35. The second-order valence-corrected chi connectivity index (χ2v) is 6.70. The number of para-hydroxylation sites is 2. The van der Waals surface area contributed by atoms with E-state index in [4.69, 9.17) is 4.74 Å². The Labute approximate surface area is 158 Å². The molecule has 1 aliphatic heterocycles. The molecule has 0 spiro atoms. The number of imidazole rings is 1. The molecule has 6 nitrogen and oxygen atoms in total. The molecule has 2 aromatic carbocycles. The van der Waals surface area contributed by atoms with E-state index in [1.54, 1.807) is 0 Å². The molecular formula is C21H24N4O2. The number of aryl methyl sites for hydroxylation is 1. The van der Waals surface area contributed by atoms with Crippen LogP contribution in [0.25, 0.3) is 11.0 Å². The first-order chi connectivity index (χ1) is 13.2. The van der Waals surface area contributed by atoms with Crippen LogP contribution in [0.5, 0.6) is 0 Å². The first kappa shape index (κ1) is 17.5. The summed E-state index contributed by atoms with van der Waals surface area (Å²) in [4.78, 5) is 19.3. The highest BCUT2D eigenvalue weighted by molar-refractivity contribution is 5.94. The minimum absolute atomic E-state index is 0.0504. The molecule has 0 saturated carbocycles. The Balaban J connectivity index is 1.35. The van der Waals surface area contributed by atoms with Gasteiger partial charge < -0.3 is 19.5 Å². The van der Waals surface area contributed by atoms with E-state index in [-0.39, 0.29) is 5.91 Å². The molecule has 4 rings (SSSR count). The van der Waals surface area contributed by atoms with Gasteiger partial charge in [0.25, 0.3) is 5.91 Å². The number of nitrogens with one attached hydrogen (secondary N) is 1. The average Bonchev–Trinajstić information content (AvgIpc) is 3.04. The van der Waals surface area contributed by atoms with Gasteiger partial charge in [-0.3, -0.25) is 4.79 Å². The van der Waals surface area contributed by atoms with Crippen LogP contribution >= 0.6 is 0 Å². The van der Waals surface area contributed by atoms with Gasteiger partial charge in [-0.15, -0.1) is 0 Å². The van der Waals surface area contributed by atoms with E-state index < -0.39 is 0 Å². The zero-order valence-electron chi connectivity index (χ0n) is 15.5. The van der Waals surface area contributed by atoms with Crippen molar-refractivity contribution in [2.45, 2.75) is 13.5 Å². The number of carbonyl (C=O) groups is 1. The van der Waals surface area contributed by atoms with Gasteiger partial charge >= 0.3 is 0 Å². The van der Waals surface area contributed by atoms with Crippen molar-refractivity contribution in [3.8, 4) is 0 Å². The Morgan fingerprint density at radius 2 is 1.85 bits per heavy atom. The number of benzene rings is 2. The van der Waals surface area contributed by atoms with Crippen LogP contribution in [0, 0.1) is 6.92 Å². The van der Waals surface area contributed by atoms with Crippen molar-refractivity contribution in [3.05, 3.63) is 59.9 Å². The van der Waals surface area contributed by atoms with Gasteiger partial charge in [0.1, 0.15) is 5.82 Å². The van der Waals surface area contributed by atoms with Crippen LogP contribution in [0.4, 0.5) is 5.69 Å². The fourth-order valence-corrected chi connectivity index (χ4v) is 3.51. The van der Waals surface area contributed by atoms with Crippen molar-refractivity contribution in [3.63, 3.8) is 0 Å². The van der Waals surface area contributed by atoms with Gasteiger partial charge in [-0.05, 0) is 43.3 Å². The highest BCUT2D eigenvalue weighted by atomic mass is 16.5. The summed E-state index contributed by atoms with van der Waals surface area (Å²) >= 11 is 0. The fraction of sp³-hybridized carbons (Fsp3) is 0.333. The molecule has 140 valence electrons. The van der Waals surface area contributed by atoms with Crippen molar-refractivity contribution in [1.29, 1.82) is 0 Å². The number of hydrogen-bond donors (Lipinski definition) is 1. The molecule has 0 aliphatic carbocycles. The highest BCUT2D eigenvalue weighted by Gasteiger charge is 2.12. The van der Waals surface area contributed by atoms with E-state index in [0.717, 1.165) is 48.8 Å². The van der Waals surface area contributed by atoms with Gasteiger partial charge in [0.05, 0.1) is 24.2 Å². The molecule has 6 heteroatoms. The number of fused-ring (bicyclic) bond motifs is 1. The number of carbonyl (C=O) groups excluding carboxylic acids is 1. The first-order valence-corrected chi connectivity index (χ1v) is 9.35. The molecule has 1 N–H and O–H groups in total. The lowest BCUT2D eigenvalue weighted by molar-refractivity contribution is 0.0952. The van der Waals surface area contributed by atoms with Gasteiger partial charge in [-0.2, -0.15) is 0 Å². The third-order valence-corrected chi connectivity index (χ3v) is 4.97. The molecule has 0 unspecified atom stereocenters. The predicted octanol–water partition coefficient (Wildman–Crippen LogP) is 2.61. The van der Waals surface area contributed by atoms with E-state index >= 15 is 0 Å². The Morgan fingerprint density at radius 1 is 1.11 bits per heavy atom. The highest BCUT2D eigenvalue weighted by Crippen LogP contribution is 2.17. The smallest absolute Gasteiger partial charge is 0.251 e. The number of morpholine rings is 1. The van der Waals surface area contributed by atoms with Gasteiger partial charge in [0, 0.05) is 37.4 Å². The summed E-state index contributed by atoms with van der Waals surface area (Å²) in [5.74, 6) is 0.908. The summed E-state index contributed by atoms with van der Waals surface area (Å²) in [6.07, 6.45) is 0. The topological polar surface area (TPSA) is 59.4 Å². The van der Waals surface area contributed by atoms with Crippen LogP contribution < -0.4 is 10.2 Å². The second kappa shape index (κ2) is 7.80. The summed E-state index contributed by atoms with van der Waals surface area (Å²) < 4.78 is 7.52. The summed E-state index contributed by atoms with van der Waals surface area (Å²) in [7, 11) is 0. The van der Waals surface area contributed by atoms with E-state index in [1.165, 1.54) is 0 Å². The van der Waals surface area contributed by atoms with Gasteiger partial charge in [-0.1, -0.05) is 12.1 Å². The molecule has 0 radical (unpaired) electrons. The molecule has 3 aromatic rings. The maximum atomic E-state index is 12.4. The minimum Gasteiger partial charge on any atom is -0.378 e. The Morgan fingerprint density at radius 3 is 2.63 bits per heavy atom. The lowest BCUT2D eigenvalue weighted by Gasteiger charge is -2.28. The van der Waals surface area contributed by atoms with Crippen LogP contribution in [0.15, 0.2) is 48.5 Å². The molecule has 1 fully saturated rings. The number of nitrogens with zero attached hydrogens (tertiary/aromatic N) is 3. The summed E-state index contributed by atoms with van der Waals surface area (Å²) in [6, 6.07) is 15.8. The maximum absolute atomic E-state index is 12.4. The SMILES string of the molecule is Cc1nc2ccccc2n1CCNC(=O)c1ccc(N2CCOCC2)cc1. The van der Waals surface area contributed by atoms with E-state index in [9.17, 15) is 4.79 Å². The quantitative estimate of drug-likeness (QED) is 0.756. The van der Waals surface area contributed by atoms with Crippen LogP contribution in [0.3, 0.4) is 0 Å². The molecule has 1 amide bonds. The lowest BCUT2D eigenvalue weighted by Crippen LogP contribution is -2.36. The normalized spacial score (nSPS) is 14.5. The number of aromatic nitrogens is 2. The largest absolute Gasteiger partial charge is 0.378 e. The van der Waals surface area contributed by atoms with Gasteiger partial charge in [0.2, 0.25) is 0 Å². The van der Waals surface area contributed by atoms with Gasteiger partial charge in [0.15, 0.2) is 0 Å². The molecule has 27 heavy (non-hydrogen) atoms. The maximum Gasteiger partial charge on any atom is 0.251 e. The standard InChI is InChI=1S/C21H24N4O2/c1-16-23-19-4-2-3-5-20(19)25(16)11-10-22-21(26)17-6-8-18(9-7-17)24-12-14-27-15-13-24/h2-9H,10-15H2,1H3,(H,22,26). The molecule has 1 aliphatic rings. The lowest BCUT2D eigenvalue weighted by atomic mass is 10.1. The fourth-order valence-electron chi connectivity index (χ4n) is 3.51. The summed E-state index contributed by atoms with van der Waals surface area (Å²) in [5.41, 5.74) is 3.90. The number of ether oxygens (including phenoxy) is 1. The summed E-state index contributed by atoms with van der Waals surface area (Å²) in [5, 5.41) is 3.01. The Bertz CT molecular complexity index is 927. The predicted molar refractivity (Wildman–Crippen MR) is 106 cm³/mol. The Hall–Kier alpha value is -2.86. The third kappa shape index (κ3) is 3.80. The molecular weight excluding hydrogens is 340 g/mol. The molecule has 0 bridgehead atoms. The molecule has 0 atom stereocenters. The molecule has 1 saturated heterocycles. The number of amides is 1. The monoisotopic (exact) mass is 364 g/mol. The number of hydrogen-bond acceptors (Lipinski definition) is 4. The number of anilines is 1. The zero-order valence-corrected chi connectivity index (χ0v) is 15.5. The molecule has 2 heterocycles. The van der Waals surface area contributed by atoms with Crippen LogP contribution in [-0.4, -0.2) is 48.3 Å². The van der Waals surface area contributed by atoms with Gasteiger partial charge in [-0.25, -0.2) is 4.98 Å². The van der Waals surface area contributed by atoms with Crippen molar-refractivity contribution < 1.29 is 9.53 Å². The van der Waals surface area contributed by atoms with Crippen molar-refractivity contribution in [2.75, 3.05) is 37.7 Å². The van der Waals surface area contributed by atoms with Crippen molar-refractivity contribution in [1.82, 2.24) is 14.9 Å². The van der Waals surface area contributed by atoms with E-state index in [2.05, 4.69) is 25.8 Å². The van der Waals surface area contributed by atoms with Crippen molar-refractivity contribution >= 4 is 22.6 Å². The molecule has 1 aromatic heterocycles. The number of rotatable bonds is 5. The summed E-state index contributed by atoms with van der Waals surface area (Å²) in [6.45, 7) is 6.55. The van der Waals surface area contributed by atoms with Crippen LogP contribution in [-0.2, 0) is 11.3 Å². The van der Waals surface area contributed by atoms with E-state index in [1.807, 2.05) is 49.4 Å². The average molecular weight is 364 g/mol. The van der Waals surface area contributed by atoms with Crippen LogP contribution in [0.1, 0.15) is 16.2 Å². The minimum atomic E-state index is -0.0504.